The fraction of sp³-hybridized carbons (Fsp3) is 0.812. The maximum Gasteiger partial charge on any atom is 0.0949 e. The molecule has 1 N–H and O–H groups in total. The van der Waals surface area contributed by atoms with E-state index in [1.807, 2.05) is 12.5 Å². The molecule has 3 heteroatoms. The number of nitrogens with zero attached hydrogens (tertiary/aromatic N) is 2. The highest BCUT2D eigenvalue weighted by Gasteiger charge is 2.29. The van der Waals surface area contributed by atoms with E-state index in [-0.39, 0.29) is 0 Å². The molecule has 0 bridgehead atoms. The number of rotatable bonds is 4. The van der Waals surface area contributed by atoms with Crippen LogP contribution in [0.4, 0.5) is 0 Å². The van der Waals surface area contributed by atoms with E-state index in [0.717, 1.165) is 11.8 Å². The van der Waals surface area contributed by atoms with Crippen LogP contribution in [0.1, 0.15) is 57.9 Å². The minimum Gasteiger partial charge on any atom is -0.333 e. The molecule has 1 heterocycles. The van der Waals surface area contributed by atoms with Gasteiger partial charge >= 0.3 is 0 Å². The van der Waals surface area contributed by atoms with Crippen LogP contribution < -0.4 is 5.32 Å². The Balaban J connectivity index is 1.51. The van der Waals surface area contributed by atoms with E-state index in [2.05, 4.69) is 28.0 Å². The van der Waals surface area contributed by atoms with Gasteiger partial charge in [-0.1, -0.05) is 19.8 Å². The highest BCUT2D eigenvalue weighted by atomic mass is 15.1. The van der Waals surface area contributed by atoms with Gasteiger partial charge in [0.15, 0.2) is 0 Å². The largest absolute Gasteiger partial charge is 0.333 e. The minimum absolute atomic E-state index is 0.628. The quantitative estimate of drug-likeness (QED) is 0.900. The molecule has 4 unspecified atom stereocenters. The maximum atomic E-state index is 4.20. The summed E-state index contributed by atoms with van der Waals surface area (Å²) in [6.07, 6.45) is 15.7. The first-order chi connectivity index (χ1) is 9.33. The number of imidazole rings is 1. The summed E-state index contributed by atoms with van der Waals surface area (Å²) in [5.41, 5.74) is 0. The van der Waals surface area contributed by atoms with Gasteiger partial charge in [-0.2, -0.15) is 0 Å². The molecule has 0 saturated heterocycles. The molecule has 2 aliphatic carbocycles. The van der Waals surface area contributed by atoms with Gasteiger partial charge in [-0.25, -0.2) is 4.98 Å². The Morgan fingerprint density at radius 2 is 2.11 bits per heavy atom. The van der Waals surface area contributed by atoms with E-state index in [0.29, 0.717) is 12.1 Å². The third-order valence-electron chi connectivity index (χ3n) is 5.10. The Labute approximate surface area is 116 Å². The van der Waals surface area contributed by atoms with Crippen LogP contribution in [0.3, 0.4) is 0 Å². The summed E-state index contributed by atoms with van der Waals surface area (Å²) in [5.74, 6) is 1.85. The minimum atomic E-state index is 0.628. The van der Waals surface area contributed by atoms with Crippen molar-refractivity contribution in [2.75, 3.05) is 6.54 Å². The van der Waals surface area contributed by atoms with Crippen LogP contribution in [0, 0.1) is 11.8 Å². The molecule has 4 atom stereocenters. The highest BCUT2D eigenvalue weighted by molar-refractivity contribution is 4.92. The molecule has 0 aromatic carbocycles. The van der Waals surface area contributed by atoms with Gasteiger partial charge in [0.25, 0.3) is 0 Å². The fourth-order valence-corrected chi connectivity index (χ4v) is 4.06. The summed E-state index contributed by atoms with van der Waals surface area (Å²) < 4.78 is 2.30. The number of hydrogen-bond donors (Lipinski definition) is 1. The lowest BCUT2D eigenvalue weighted by molar-refractivity contribution is 0.258. The molecule has 1 aromatic rings. The first kappa shape index (κ1) is 13.2. The van der Waals surface area contributed by atoms with E-state index < -0.39 is 0 Å². The van der Waals surface area contributed by atoms with Gasteiger partial charge < -0.3 is 9.88 Å². The van der Waals surface area contributed by atoms with Crippen molar-refractivity contribution in [1.29, 1.82) is 0 Å². The van der Waals surface area contributed by atoms with Crippen LogP contribution in [-0.2, 0) is 0 Å². The van der Waals surface area contributed by atoms with Gasteiger partial charge in [-0.15, -0.1) is 0 Å². The number of aromatic nitrogens is 2. The third kappa shape index (κ3) is 3.19. The summed E-state index contributed by atoms with van der Waals surface area (Å²) >= 11 is 0. The Kier molecular flexibility index (Phi) is 4.21. The average Bonchev–Trinajstić information content (AvgIpc) is 3.07. The van der Waals surface area contributed by atoms with E-state index >= 15 is 0 Å². The van der Waals surface area contributed by atoms with E-state index in [1.54, 1.807) is 0 Å². The van der Waals surface area contributed by atoms with Crippen LogP contribution in [0.5, 0.6) is 0 Å². The molecule has 0 spiro atoms. The Morgan fingerprint density at radius 1 is 1.21 bits per heavy atom. The Bertz CT molecular complexity index is 373. The van der Waals surface area contributed by atoms with Crippen LogP contribution in [0.25, 0.3) is 0 Å². The highest BCUT2D eigenvalue weighted by Crippen LogP contribution is 2.32. The van der Waals surface area contributed by atoms with Crippen molar-refractivity contribution < 1.29 is 0 Å². The van der Waals surface area contributed by atoms with Gasteiger partial charge in [-0.3, -0.25) is 0 Å². The van der Waals surface area contributed by atoms with Gasteiger partial charge in [0, 0.05) is 24.5 Å². The van der Waals surface area contributed by atoms with Crippen molar-refractivity contribution in [2.24, 2.45) is 11.8 Å². The van der Waals surface area contributed by atoms with Crippen LogP contribution in [0.2, 0.25) is 0 Å². The molecule has 0 aliphatic heterocycles. The standard InChI is InChI=1S/C16H27N3/c1-13-4-2-5-14(10-13)11-18-15-6-3-7-16(15)19-9-8-17-12-19/h8-9,12-16,18H,2-7,10-11H2,1H3. The molecule has 3 nitrogen and oxygen atoms in total. The average molecular weight is 261 g/mol. The summed E-state index contributed by atoms with van der Waals surface area (Å²) in [4.78, 5) is 4.20. The topological polar surface area (TPSA) is 29.9 Å². The second-order valence-electron chi connectivity index (χ2n) is 6.66. The fourth-order valence-electron chi connectivity index (χ4n) is 4.06. The third-order valence-corrected chi connectivity index (χ3v) is 5.10. The van der Waals surface area contributed by atoms with Gasteiger partial charge in [0.05, 0.1) is 6.33 Å². The first-order valence-electron chi connectivity index (χ1n) is 8.03. The van der Waals surface area contributed by atoms with Gasteiger partial charge in [0.2, 0.25) is 0 Å². The SMILES string of the molecule is CC1CCCC(CNC2CCCC2n2ccnc2)C1. The van der Waals surface area contributed by atoms with Gasteiger partial charge in [0.1, 0.15) is 0 Å². The molecule has 3 rings (SSSR count). The van der Waals surface area contributed by atoms with Crippen molar-refractivity contribution in [2.45, 2.75) is 64.0 Å². The lowest BCUT2D eigenvalue weighted by atomic mass is 9.82. The molecule has 2 fully saturated rings. The molecule has 2 aliphatic rings. The molecular weight excluding hydrogens is 234 g/mol. The van der Waals surface area contributed by atoms with Crippen molar-refractivity contribution in [3.8, 4) is 0 Å². The maximum absolute atomic E-state index is 4.20. The van der Waals surface area contributed by atoms with E-state index in [9.17, 15) is 0 Å². The summed E-state index contributed by atoms with van der Waals surface area (Å²) in [5, 5.41) is 3.86. The molecular formula is C16H27N3. The molecule has 1 aromatic heterocycles. The zero-order chi connectivity index (χ0) is 13.1. The normalized spacial score (nSPS) is 35.6. The summed E-state index contributed by atoms with van der Waals surface area (Å²) in [6, 6.07) is 1.29. The lowest BCUT2D eigenvalue weighted by Gasteiger charge is -2.29. The number of hydrogen-bond acceptors (Lipinski definition) is 2. The second-order valence-corrected chi connectivity index (χ2v) is 6.66. The molecule has 2 saturated carbocycles. The monoisotopic (exact) mass is 261 g/mol. The number of nitrogens with one attached hydrogen (secondary N) is 1. The molecule has 0 radical (unpaired) electrons. The summed E-state index contributed by atoms with van der Waals surface area (Å²) in [7, 11) is 0. The predicted octanol–water partition coefficient (Wildman–Crippen LogP) is 3.39. The second kappa shape index (κ2) is 6.08. The lowest BCUT2D eigenvalue weighted by Crippen LogP contribution is -2.37. The zero-order valence-corrected chi connectivity index (χ0v) is 12.1. The van der Waals surface area contributed by atoms with Crippen LogP contribution >= 0.6 is 0 Å². The van der Waals surface area contributed by atoms with Crippen molar-refractivity contribution in [1.82, 2.24) is 14.9 Å². The van der Waals surface area contributed by atoms with Crippen LogP contribution in [-0.4, -0.2) is 22.1 Å². The smallest absolute Gasteiger partial charge is 0.0949 e. The first-order valence-corrected chi connectivity index (χ1v) is 8.03. The van der Waals surface area contributed by atoms with Crippen molar-refractivity contribution >= 4 is 0 Å². The molecule has 19 heavy (non-hydrogen) atoms. The molecule has 0 amide bonds. The van der Waals surface area contributed by atoms with Crippen LogP contribution in [0.15, 0.2) is 18.7 Å². The van der Waals surface area contributed by atoms with Crippen molar-refractivity contribution in [3.63, 3.8) is 0 Å². The van der Waals surface area contributed by atoms with Gasteiger partial charge in [-0.05, 0) is 50.5 Å². The van der Waals surface area contributed by atoms with E-state index in [4.69, 9.17) is 0 Å². The molecule has 106 valence electrons. The Hall–Kier alpha value is -0.830. The Morgan fingerprint density at radius 3 is 2.89 bits per heavy atom. The van der Waals surface area contributed by atoms with E-state index in [1.165, 1.54) is 51.5 Å². The summed E-state index contributed by atoms with van der Waals surface area (Å²) in [6.45, 7) is 3.64. The predicted molar refractivity (Wildman–Crippen MR) is 78.0 cm³/mol. The van der Waals surface area contributed by atoms with Crippen molar-refractivity contribution in [3.05, 3.63) is 18.7 Å². The zero-order valence-electron chi connectivity index (χ0n) is 12.1.